The Hall–Kier alpha value is -4.08. The maximum absolute atomic E-state index is 12.3. The van der Waals surface area contributed by atoms with E-state index in [9.17, 15) is 19.7 Å². The van der Waals surface area contributed by atoms with Crippen LogP contribution in [0.1, 0.15) is 23.9 Å². The highest BCUT2D eigenvalue weighted by atomic mass is 16.6. The van der Waals surface area contributed by atoms with Gasteiger partial charge in [-0.05, 0) is 37.1 Å². The minimum atomic E-state index is -0.490. The first kappa shape index (κ1) is 19.7. The molecule has 0 aliphatic heterocycles. The number of nitro benzene ring substituents is 1. The monoisotopic (exact) mass is 394 g/mol. The Kier molecular flexibility index (Phi) is 5.63. The summed E-state index contributed by atoms with van der Waals surface area (Å²) in [5.41, 5.74) is 1.53. The van der Waals surface area contributed by atoms with E-state index in [-0.39, 0.29) is 17.2 Å². The topological polar surface area (TPSA) is 136 Å². The van der Waals surface area contributed by atoms with Crippen LogP contribution in [0.2, 0.25) is 0 Å². The number of hydrogen-bond donors (Lipinski definition) is 2. The second-order valence-electron chi connectivity index (χ2n) is 6.17. The SMILES string of the molecule is CCc1cc(=O)[nH]c(-n2nc(C)cc2NC(=O)C=Cc2ccc([N+](=O)[O-])cc2)n1. The summed E-state index contributed by atoms with van der Waals surface area (Å²) in [4.78, 5) is 41.3. The van der Waals surface area contributed by atoms with Crippen molar-refractivity contribution < 1.29 is 9.72 Å². The average Bonchev–Trinajstić information content (AvgIpc) is 3.06. The van der Waals surface area contributed by atoms with Crippen molar-refractivity contribution in [3.8, 4) is 5.95 Å². The zero-order valence-corrected chi connectivity index (χ0v) is 15.7. The molecule has 1 amide bonds. The predicted octanol–water partition coefficient (Wildman–Crippen LogP) is 2.39. The van der Waals surface area contributed by atoms with Gasteiger partial charge >= 0.3 is 0 Å². The number of aromatic nitrogens is 4. The minimum Gasteiger partial charge on any atom is -0.307 e. The molecule has 0 spiro atoms. The molecule has 0 radical (unpaired) electrons. The summed E-state index contributed by atoms with van der Waals surface area (Å²) in [5, 5.41) is 17.6. The fourth-order valence-electron chi connectivity index (χ4n) is 2.57. The number of aryl methyl sites for hydroxylation is 2. The fourth-order valence-corrected chi connectivity index (χ4v) is 2.57. The zero-order valence-electron chi connectivity index (χ0n) is 15.7. The molecule has 3 aromatic rings. The van der Waals surface area contributed by atoms with Gasteiger partial charge < -0.3 is 5.32 Å². The smallest absolute Gasteiger partial charge is 0.269 e. The number of nitro groups is 1. The number of amides is 1. The number of aromatic amines is 1. The number of anilines is 1. The van der Waals surface area contributed by atoms with E-state index in [4.69, 9.17) is 0 Å². The first-order valence-electron chi connectivity index (χ1n) is 8.76. The van der Waals surface area contributed by atoms with Crippen LogP contribution in [-0.2, 0) is 11.2 Å². The number of carbonyl (C=O) groups is 1. The molecule has 2 heterocycles. The zero-order chi connectivity index (χ0) is 21.0. The highest BCUT2D eigenvalue weighted by molar-refractivity contribution is 6.01. The molecular formula is C19H18N6O4. The molecular weight excluding hydrogens is 376 g/mol. The number of hydrogen-bond acceptors (Lipinski definition) is 6. The van der Waals surface area contributed by atoms with Crippen LogP contribution < -0.4 is 10.9 Å². The number of H-pyrrole nitrogens is 1. The number of nitrogens with one attached hydrogen (secondary N) is 2. The van der Waals surface area contributed by atoms with E-state index in [2.05, 4.69) is 20.4 Å². The highest BCUT2D eigenvalue weighted by Gasteiger charge is 2.12. The summed E-state index contributed by atoms with van der Waals surface area (Å²) >= 11 is 0. The van der Waals surface area contributed by atoms with Crippen molar-refractivity contribution in [2.75, 3.05) is 5.32 Å². The Bertz CT molecular complexity index is 1140. The maximum Gasteiger partial charge on any atom is 0.269 e. The van der Waals surface area contributed by atoms with Crippen LogP contribution in [0.4, 0.5) is 11.5 Å². The van der Waals surface area contributed by atoms with E-state index >= 15 is 0 Å². The lowest BCUT2D eigenvalue weighted by Gasteiger charge is -2.07. The van der Waals surface area contributed by atoms with Gasteiger partial charge in [0.1, 0.15) is 5.82 Å². The third-order valence-corrected chi connectivity index (χ3v) is 3.96. The van der Waals surface area contributed by atoms with E-state index in [1.807, 2.05) is 6.92 Å². The highest BCUT2D eigenvalue weighted by Crippen LogP contribution is 2.15. The van der Waals surface area contributed by atoms with Crippen LogP contribution in [0.15, 0.2) is 47.3 Å². The molecule has 2 N–H and O–H groups in total. The molecule has 0 fully saturated rings. The Balaban J connectivity index is 1.80. The van der Waals surface area contributed by atoms with Crippen molar-refractivity contribution in [2.24, 2.45) is 0 Å². The second-order valence-corrected chi connectivity index (χ2v) is 6.17. The van der Waals surface area contributed by atoms with Gasteiger partial charge in [0, 0.05) is 36.0 Å². The van der Waals surface area contributed by atoms with Gasteiger partial charge in [-0.15, -0.1) is 0 Å². The first-order chi connectivity index (χ1) is 13.9. The van der Waals surface area contributed by atoms with Gasteiger partial charge in [0.05, 0.1) is 10.6 Å². The lowest BCUT2D eigenvalue weighted by atomic mass is 10.2. The summed E-state index contributed by atoms with van der Waals surface area (Å²) < 4.78 is 1.35. The van der Waals surface area contributed by atoms with E-state index in [1.165, 1.54) is 35.0 Å². The molecule has 10 nitrogen and oxygen atoms in total. The van der Waals surface area contributed by atoms with Crippen molar-refractivity contribution in [1.82, 2.24) is 19.7 Å². The van der Waals surface area contributed by atoms with Crippen molar-refractivity contribution in [2.45, 2.75) is 20.3 Å². The van der Waals surface area contributed by atoms with Crippen LogP contribution in [0.5, 0.6) is 0 Å². The predicted molar refractivity (Wildman–Crippen MR) is 107 cm³/mol. The van der Waals surface area contributed by atoms with Gasteiger partial charge in [0.25, 0.3) is 11.2 Å². The second kappa shape index (κ2) is 8.30. The van der Waals surface area contributed by atoms with Crippen molar-refractivity contribution >= 4 is 23.5 Å². The number of carbonyl (C=O) groups excluding carboxylic acids is 1. The van der Waals surface area contributed by atoms with Crippen LogP contribution >= 0.6 is 0 Å². The molecule has 0 atom stereocenters. The molecule has 0 aliphatic rings. The summed E-state index contributed by atoms with van der Waals surface area (Å²) in [6, 6.07) is 8.86. The molecule has 0 saturated carbocycles. The molecule has 0 aliphatic carbocycles. The lowest BCUT2D eigenvalue weighted by molar-refractivity contribution is -0.384. The lowest BCUT2D eigenvalue weighted by Crippen LogP contribution is -2.18. The molecule has 2 aromatic heterocycles. The Morgan fingerprint density at radius 3 is 2.69 bits per heavy atom. The van der Waals surface area contributed by atoms with Crippen LogP contribution in [0, 0.1) is 17.0 Å². The normalized spacial score (nSPS) is 11.0. The molecule has 0 bridgehead atoms. The van der Waals surface area contributed by atoms with Gasteiger partial charge in [-0.25, -0.2) is 4.98 Å². The molecule has 0 saturated heterocycles. The molecule has 10 heteroatoms. The number of rotatable bonds is 6. The van der Waals surface area contributed by atoms with Gasteiger partial charge in [-0.3, -0.25) is 24.7 Å². The van der Waals surface area contributed by atoms with Crippen LogP contribution in [-0.4, -0.2) is 30.6 Å². The number of nitrogens with zero attached hydrogens (tertiary/aromatic N) is 4. The third-order valence-electron chi connectivity index (χ3n) is 3.96. The van der Waals surface area contributed by atoms with Crippen molar-refractivity contribution in [3.63, 3.8) is 0 Å². The van der Waals surface area contributed by atoms with E-state index in [0.29, 0.717) is 29.2 Å². The van der Waals surface area contributed by atoms with Crippen molar-refractivity contribution in [3.05, 3.63) is 79.9 Å². The Morgan fingerprint density at radius 2 is 2.03 bits per heavy atom. The summed E-state index contributed by atoms with van der Waals surface area (Å²) in [6.07, 6.45) is 3.41. The van der Waals surface area contributed by atoms with Crippen molar-refractivity contribution in [1.29, 1.82) is 0 Å². The quantitative estimate of drug-likeness (QED) is 0.374. The maximum atomic E-state index is 12.3. The van der Waals surface area contributed by atoms with Crippen LogP contribution in [0.3, 0.4) is 0 Å². The van der Waals surface area contributed by atoms with Gasteiger partial charge in [-0.1, -0.05) is 6.92 Å². The number of non-ortho nitro benzene ring substituents is 1. The molecule has 1 aromatic carbocycles. The summed E-state index contributed by atoms with van der Waals surface area (Å²) in [5.74, 6) is 0.118. The number of benzene rings is 1. The fraction of sp³-hybridized carbons (Fsp3) is 0.158. The minimum absolute atomic E-state index is 0.0261. The van der Waals surface area contributed by atoms with Gasteiger partial charge in [-0.2, -0.15) is 9.78 Å². The standard InChI is InChI=1S/C19H18N6O4/c1-3-14-11-18(27)22-19(20-14)24-16(10-12(2)23-24)21-17(26)9-6-13-4-7-15(8-5-13)25(28)29/h4-11H,3H2,1-2H3,(H,21,26)(H,20,22,27). The average molecular weight is 394 g/mol. The third kappa shape index (κ3) is 4.80. The van der Waals surface area contributed by atoms with E-state index < -0.39 is 10.8 Å². The van der Waals surface area contributed by atoms with Gasteiger partial charge in [0.15, 0.2) is 0 Å². The van der Waals surface area contributed by atoms with Gasteiger partial charge in [0.2, 0.25) is 11.9 Å². The van der Waals surface area contributed by atoms with Crippen LogP contribution in [0.25, 0.3) is 12.0 Å². The van der Waals surface area contributed by atoms with E-state index in [0.717, 1.165) is 0 Å². The molecule has 148 valence electrons. The van der Waals surface area contributed by atoms with E-state index in [1.54, 1.807) is 25.1 Å². The summed E-state index contributed by atoms with van der Waals surface area (Å²) in [6.45, 7) is 3.63. The largest absolute Gasteiger partial charge is 0.307 e. The Labute approximate surface area is 165 Å². The Morgan fingerprint density at radius 1 is 1.31 bits per heavy atom. The summed E-state index contributed by atoms with van der Waals surface area (Å²) in [7, 11) is 0. The molecule has 3 rings (SSSR count). The molecule has 0 unspecified atom stereocenters. The first-order valence-corrected chi connectivity index (χ1v) is 8.76. The molecule has 29 heavy (non-hydrogen) atoms.